The van der Waals surface area contributed by atoms with E-state index in [9.17, 15) is 18.4 Å². The molecule has 1 amide bonds. The molecule has 0 N–H and O–H groups in total. The van der Waals surface area contributed by atoms with Gasteiger partial charge in [0.2, 0.25) is 5.89 Å². The molecule has 0 saturated carbocycles. The number of likely N-dealkylation sites (tertiary alicyclic amines) is 1. The van der Waals surface area contributed by atoms with Crippen molar-refractivity contribution in [3.05, 3.63) is 77.8 Å². The van der Waals surface area contributed by atoms with E-state index in [1.165, 1.54) is 42.6 Å². The highest BCUT2D eigenvalue weighted by atomic mass is 19.1. The van der Waals surface area contributed by atoms with Gasteiger partial charge in [0, 0.05) is 24.2 Å². The van der Waals surface area contributed by atoms with Crippen LogP contribution in [0.5, 0.6) is 0 Å². The van der Waals surface area contributed by atoms with Gasteiger partial charge in [0.15, 0.2) is 12.4 Å². The van der Waals surface area contributed by atoms with Crippen molar-refractivity contribution < 1.29 is 27.5 Å². The summed E-state index contributed by atoms with van der Waals surface area (Å²) in [5.41, 5.74) is 1.09. The Hall–Kier alpha value is -3.55. The summed E-state index contributed by atoms with van der Waals surface area (Å²) in [7, 11) is 0. The molecule has 1 aliphatic heterocycles. The van der Waals surface area contributed by atoms with Gasteiger partial charge < -0.3 is 14.1 Å². The topological polar surface area (TPSA) is 72.6 Å². The Labute approximate surface area is 177 Å². The maximum Gasteiger partial charge on any atom is 0.309 e. The summed E-state index contributed by atoms with van der Waals surface area (Å²) in [6.07, 6.45) is 2.46. The zero-order valence-electron chi connectivity index (χ0n) is 16.6. The lowest BCUT2D eigenvalue weighted by atomic mass is 9.96. The summed E-state index contributed by atoms with van der Waals surface area (Å²) in [5, 5.41) is 0. The monoisotopic (exact) mass is 426 g/mol. The van der Waals surface area contributed by atoms with Crippen LogP contribution in [0, 0.1) is 17.6 Å². The average Bonchev–Trinajstić information content (AvgIpc) is 3.27. The number of benzene rings is 2. The molecule has 31 heavy (non-hydrogen) atoms. The molecule has 4 rings (SSSR count). The Balaban J connectivity index is 1.26. The van der Waals surface area contributed by atoms with E-state index >= 15 is 0 Å². The molecule has 1 aromatic heterocycles. The first kappa shape index (κ1) is 20.7. The predicted octanol–water partition coefficient (Wildman–Crippen LogP) is 4.22. The van der Waals surface area contributed by atoms with Crippen molar-refractivity contribution in [1.29, 1.82) is 0 Å². The highest BCUT2D eigenvalue weighted by Gasteiger charge is 2.29. The van der Waals surface area contributed by atoms with Gasteiger partial charge in [-0.2, -0.15) is 0 Å². The molecule has 0 bridgehead atoms. The summed E-state index contributed by atoms with van der Waals surface area (Å²) in [6, 6.07) is 11.2. The Kier molecular flexibility index (Phi) is 6.06. The summed E-state index contributed by atoms with van der Waals surface area (Å²) in [6.45, 7) is 0.738. The van der Waals surface area contributed by atoms with Crippen molar-refractivity contribution >= 4 is 11.9 Å². The van der Waals surface area contributed by atoms with Crippen LogP contribution in [0.3, 0.4) is 0 Å². The molecule has 0 spiro atoms. The van der Waals surface area contributed by atoms with Gasteiger partial charge in [-0.3, -0.25) is 9.59 Å². The molecule has 0 atom stereocenters. The number of amides is 1. The summed E-state index contributed by atoms with van der Waals surface area (Å²) < 4.78 is 36.9. The highest BCUT2D eigenvalue weighted by Crippen LogP contribution is 2.23. The molecule has 6 nitrogen and oxygen atoms in total. The molecule has 1 saturated heterocycles. The molecule has 160 valence electrons. The van der Waals surface area contributed by atoms with Gasteiger partial charge in [0.1, 0.15) is 11.6 Å². The SMILES string of the molecule is O=C(OCc1ncc(-c2ccc(F)cc2)o1)C1CCN(C(=O)c2ccc(F)cc2)CC1. The van der Waals surface area contributed by atoms with Gasteiger partial charge in [-0.15, -0.1) is 0 Å². The number of rotatable bonds is 5. The largest absolute Gasteiger partial charge is 0.455 e. The molecule has 1 aliphatic rings. The van der Waals surface area contributed by atoms with Gasteiger partial charge >= 0.3 is 5.97 Å². The third kappa shape index (κ3) is 4.96. The van der Waals surface area contributed by atoms with E-state index in [1.807, 2.05) is 0 Å². The molecule has 3 aromatic rings. The van der Waals surface area contributed by atoms with Gasteiger partial charge in [-0.05, 0) is 61.4 Å². The predicted molar refractivity (Wildman–Crippen MR) is 107 cm³/mol. The third-order valence-electron chi connectivity index (χ3n) is 5.23. The highest BCUT2D eigenvalue weighted by molar-refractivity contribution is 5.94. The quantitative estimate of drug-likeness (QED) is 0.572. The second kappa shape index (κ2) is 9.07. The van der Waals surface area contributed by atoms with Crippen LogP contribution in [0.2, 0.25) is 0 Å². The number of aromatic nitrogens is 1. The second-order valence-corrected chi connectivity index (χ2v) is 7.31. The van der Waals surface area contributed by atoms with E-state index in [-0.39, 0.29) is 36.1 Å². The van der Waals surface area contributed by atoms with Gasteiger partial charge in [0.25, 0.3) is 5.91 Å². The molecular formula is C23H20F2N2O4. The fourth-order valence-corrected chi connectivity index (χ4v) is 3.47. The zero-order valence-corrected chi connectivity index (χ0v) is 16.6. The lowest BCUT2D eigenvalue weighted by Gasteiger charge is -2.30. The van der Waals surface area contributed by atoms with Crippen molar-refractivity contribution in [3.63, 3.8) is 0 Å². The van der Waals surface area contributed by atoms with E-state index < -0.39 is 5.82 Å². The maximum absolute atomic E-state index is 13.0. The minimum Gasteiger partial charge on any atom is -0.455 e. The second-order valence-electron chi connectivity index (χ2n) is 7.31. The number of oxazole rings is 1. The molecule has 1 fully saturated rings. The van der Waals surface area contributed by atoms with Gasteiger partial charge in [0.05, 0.1) is 12.1 Å². The number of carbonyl (C=O) groups excluding carboxylic acids is 2. The Bertz CT molecular complexity index is 1060. The number of piperidine rings is 1. The van der Waals surface area contributed by atoms with Crippen LogP contribution < -0.4 is 0 Å². The minimum atomic E-state index is -0.395. The Morgan fingerprint density at radius 3 is 2.26 bits per heavy atom. The fraction of sp³-hybridized carbons (Fsp3) is 0.261. The standard InChI is InChI=1S/C23H20F2N2O4/c24-18-5-1-15(2-6-18)20-13-26-21(31-20)14-30-23(29)17-9-11-27(12-10-17)22(28)16-3-7-19(25)8-4-16/h1-8,13,17H,9-12,14H2. The first-order valence-corrected chi connectivity index (χ1v) is 9.92. The van der Waals surface area contributed by atoms with E-state index in [0.717, 1.165) is 0 Å². The van der Waals surface area contributed by atoms with Crippen molar-refractivity contribution in [2.45, 2.75) is 19.4 Å². The van der Waals surface area contributed by atoms with Crippen LogP contribution in [-0.4, -0.2) is 34.8 Å². The molecule has 8 heteroatoms. The smallest absolute Gasteiger partial charge is 0.309 e. The van der Waals surface area contributed by atoms with Crippen LogP contribution in [0.15, 0.2) is 59.1 Å². The fourth-order valence-electron chi connectivity index (χ4n) is 3.47. The minimum absolute atomic E-state index is 0.102. The molecule has 2 aromatic carbocycles. The van der Waals surface area contributed by atoms with Crippen LogP contribution >= 0.6 is 0 Å². The summed E-state index contributed by atoms with van der Waals surface area (Å²) >= 11 is 0. The third-order valence-corrected chi connectivity index (χ3v) is 5.23. The number of esters is 1. The number of hydrogen-bond donors (Lipinski definition) is 0. The van der Waals surface area contributed by atoms with E-state index in [2.05, 4.69) is 4.98 Å². The normalized spacial score (nSPS) is 14.5. The van der Waals surface area contributed by atoms with Gasteiger partial charge in [-0.1, -0.05) is 0 Å². The van der Waals surface area contributed by atoms with E-state index in [4.69, 9.17) is 9.15 Å². The maximum atomic E-state index is 13.0. The number of ether oxygens (including phenoxy) is 1. The molecule has 0 unspecified atom stereocenters. The van der Waals surface area contributed by atoms with Crippen molar-refractivity contribution in [3.8, 4) is 11.3 Å². The van der Waals surface area contributed by atoms with Crippen LogP contribution in [0.4, 0.5) is 8.78 Å². The molecule has 0 aliphatic carbocycles. The van der Waals surface area contributed by atoms with Crippen molar-refractivity contribution in [2.75, 3.05) is 13.1 Å². The van der Waals surface area contributed by atoms with Gasteiger partial charge in [-0.25, -0.2) is 13.8 Å². The van der Waals surface area contributed by atoms with E-state index in [1.54, 1.807) is 17.0 Å². The molecular weight excluding hydrogens is 406 g/mol. The first-order chi connectivity index (χ1) is 15.0. The lowest BCUT2D eigenvalue weighted by Crippen LogP contribution is -2.40. The first-order valence-electron chi connectivity index (χ1n) is 9.92. The van der Waals surface area contributed by atoms with Crippen LogP contribution in [0.25, 0.3) is 11.3 Å². The summed E-state index contributed by atoms with van der Waals surface area (Å²) in [4.78, 5) is 30.6. The van der Waals surface area contributed by atoms with Crippen LogP contribution in [0.1, 0.15) is 29.1 Å². The van der Waals surface area contributed by atoms with E-state index in [0.29, 0.717) is 42.8 Å². The molecule has 0 radical (unpaired) electrons. The van der Waals surface area contributed by atoms with Crippen molar-refractivity contribution in [1.82, 2.24) is 9.88 Å². The zero-order chi connectivity index (χ0) is 21.8. The Morgan fingerprint density at radius 2 is 1.61 bits per heavy atom. The summed E-state index contributed by atoms with van der Waals surface area (Å²) in [5.74, 6) is -0.897. The number of halogens is 2. The number of carbonyl (C=O) groups is 2. The van der Waals surface area contributed by atoms with Crippen molar-refractivity contribution in [2.24, 2.45) is 5.92 Å². The number of nitrogens with zero attached hydrogens (tertiary/aromatic N) is 2. The lowest BCUT2D eigenvalue weighted by molar-refractivity contribution is -0.152. The molecule has 2 heterocycles. The average molecular weight is 426 g/mol. The number of hydrogen-bond acceptors (Lipinski definition) is 5. The van der Waals surface area contributed by atoms with Crippen LogP contribution in [-0.2, 0) is 16.1 Å². The Morgan fingerprint density at radius 1 is 1.00 bits per heavy atom.